The number of amides is 1. The van der Waals surface area contributed by atoms with E-state index in [1.54, 1.807) is 49.4 Å². The van der Waals surface area contributed by atoms with Crippen LogP contribution in [0.2, 0.25) is 0 Å². The Hall–Kier alpha value is -4.75. The Morgan fingerprint density at radius 1 is 0.878 bits per heavy atom. The van der Waals surface area contributed by atoms with E-state index in [-0.39, 0.29) is 11.6 Å². The van der Waals surface area contributed by atoms with Gasteiger partial charge in [-0.2, -0.15) is 39.5 Å². The highest BCUT2D eigenvalue weighted by atomic mass is 19.4. The quantitative estimate of drug-likeness (QED) is 0.190. The molecule has 49 heavy (non-hydrogen) atoms. The Morgan fingerprint density at radius 2 is 1.53 bits per heavy atom. The maximum atomic E-state index is 13.9. The molecule has 1 saturated heterocycles. The van der Waals surface area contributed by atoms with E-state index in [4.69, 9.17) is 9.47 Å². The van der Waals surface area contributed by atoms with Crippen LogP contribution in [-0.4, -0.2) is 48.6 Å². The number of ether oxygens (including phenoxy) is 2. The van der Waals surface area contributed by atoms with Crippen LogP contribution < -0.4 is 0 Å². The van der Waals surface area contributed by atoms with Gasteiger partial charge in [0.25, 0.3) is 0 Å². The lowest BCUT2D eigenvalue weighted by Crippen LogP contribution is -2.38. The molecule has 1 fully saturated rings. The first-order valence-corrected chi connectivity index (χ1v) is 14.8. The van der Waals surface area contributed by atoms with E-state index in [0.29, 0.717) is 39.5 Å². The third-order valence-electron chi connectivity index (χ3n) is 8.64. The van der Waals surface area contributed by atoms with Crippen molar-refractivity contribution in [2.45, 2.75) is 57.5 Å². The summed E-state index contributed by atoms with van der Waals surface area (Å²) in [7, 11) is 1.25. The minimum absolute atomic E-state index is 0.0141. The van der Waals surface area contributed by atoms with Crippen molar-refractivity contribution in [3.8, 4) is 22.3 Å². The highest BCUT2D eigenvalue weighted by Crippen LogP contribution is 2.44. The van der Waals surface area contributed by atoms with E-state index in [0.717, 1.165) is 17.0 Å². The average molecular weight is 698 g/mol. The highest BCUT2D eigenvalue weighted by molar-refractivity contribution is 5.90. The van der Waals surface area contributed by atoms with Crippen molar-refractivity contribution >= 4 is 12.1 Å². The number of cyclic esters (lactones) is 1. The van der Waals surface area contributed by atoms with Crippen LogP contribution in [0.3, 0.4) is 0 Å². The van der Waals surface area contributed by atoms with Crippen LogP contribution in [0.25, 0.3) is 22.3 Å². The first kappa shape index (κ1) is 35.6. The number of benzene rings is 3. The number of rotatable bonds is 6. The zero-order chi connectivity index (χ0) is 36.1. The lowest BCUT2D eigenvalue weighted by molar-refractivity contribution is -0.137. The molecule has 5 rings (SSSR count). The molecule has 0 N–H and O–H groups in total. The van der Waals surface area contributed by atoms with Gasteiger partial charge in [0.2, 0.25) is 0 Å². The van der Waals surface area contributed by atoms with Crippen LogP contribution in [0, 0.1) is 12.8 Å². The molecule has 14 heteroatoms. The number of halogens is 9. The summed E-state index contributed by atoms with van der Waals surface area (Å²) in [6, 6.07) is 13.5. The Balaban J connectivity index is 1.50. The fourth-order valence-corrected chi connectivity index (χ4v) is 6.16. The molecule has 0 spiro atoms. The largest absolute Gasteiger partial charge is 0.465 e. The molecule has 5 nitrogen and oxygen atoms in total. The van der Waals surface area contributed by atoms with Gasteiger partial charge in [0.15, 0.2) is 0 Å². The second-order valence-electron chi connectivity index (χ2n) is 11.8. The smallest absolute Gasteiger partial charge is 0.416 e. The SMILES string of the molecule is COC(=O)c1ccc(-c2cccc(-c3ccc(C(F)(F)F)cc3CN3C(=O)O[C@H](C4C=C(C(F)(F)F)C=C(C(F)(F)F)C4)[C@@H]3C)c2)c(C)c1. The molecule has 1 amide bonds. The number of carbonyl (C=O) groups is 2. The lowest BCUT2D eigenvalue weighted by atomic mass is 9.83. The van der Waals surface area contributed by atoms with E-state index < -0.39 is 78.3 Å². The fraction of sp³-hybridized carbons (Fsp3) is 0.314. The van der Waals surface area contributed by atoms with Crippen molar-refractivity contribution in [1.82, 2.24) is 4.90 Å². The van der Waals surface area contributed by atoms with Gasteiger partial charge in [0.1, 0.15) is 6.10 Å². The van der Waals surface area contributed by atoms with Crippen molar-refractivity contribution in [1.29, 1.82) is 0 Å². The standard InChI is InChI=1S/C35H28F9NO4/c1-18-11-22(31(46)48-3)7-9-28(18)20-5-4-6-21(12-20)29-10-8-25(33(36,37)38)15-24(29)17-45-19(2)30(49-32(45)47)23-13-26(34(39,40)41)16-27(14-23)35(42,43)44/h4-13,15-16,19,23,30H,14,17H2,1-3H3/t19-,23?,30-/m0/s1. The number of allylic oxidation sites excluding steroid dienone is 3. The third-order valence-corrected chi connectivity index (χ3v) is 8.64. The Labute approximate surface area is 274 Å². The average Bonchev–Trinajstić information content (AvgIpc) is 3.31. The molecule has 3 atom stereocenters. The van der Waals surface area contributed by atoms with E-state index in [1.807, 2.05) is 0 Å². The lowest BCUT2D eigenvalue weighted by Gasteiger charge is -2.30. The molecular formula is C35H28F9NO4. The second-order valence-corrected chi connectivity index (χ2v) is 11.8. The van der Waals surface area contributed by atoms with Crippen molar-refractivity contribution in [3.05, 3.63) is 106 Å². The van der Waals surface area contributed by atoms with Crippen LogP contribution in [0.4, 0.5) is 44.3 Å². The minimum atomic E-state index is -5.11. The predicted octanol–water partition coefficient (Wildman–Crippen LogP) is 9.84. The molecule has 0 saturated carbocycles. The number of hydrogen-bond acceptors (Lipinski definition) is 4. The van der Waals surface area contributed by atoms with Crippen molar-refractivity contribution in [2.24, 2.45) is 5.92 Å². The third kappa shape index (κ3) is 7.47. The number of carbonyl (C=O) groups excluding carboxylic acids is 2. The topological polar surface area (TPSA) is 55.8 Å². The molecule has 1 heterocycles. The van der Waals surface area contributed by atoms with Crippen LogP contribution in [0.5, 0.6) is 0 Å². The Bertz CT molecular complexity index is 1840. The molecule has 0 radical (unpaired) electrons. The van der Waals surface area contributed by atoms with Gasteiger partial charge in [-0.05, 0) is 90.1 Å². The van der Waals surface area contributed by atoms with Crippen molar-refractivity contribution in [3.63, 3.8) is 0 Å². The number of methoxy groups -OCH3 is 1. The molecule has 1 aliphatic carbocycles. The Morgan fingerprint density at radius 3 is 2.12 bits per heavy atom. The first-order valence-electron chi connectivity index (χ1n) is 14.8. The van der Waals surface area contributed by atoms with Crippen LogP contribution >= 0.6 is 0 Å². The van der Waals surface area contributed by atoms with Crippen LogP contribution in [0.1, 0.15) is 40.4 Å². The number of esters is 1. The van der Waals surface area contributed by atoms with Gasteiger partial charge in [-0.1, -0.05) is 36.4 Å². The maximum absolute atomic E-state index is 13.9. The summed E-state index contributed by atoms with van der Waals surface area (Å²) in [6.45, 7) is 2.63. The maximum Gasteiger partial charge on any atom is 0.416 e. The number of nitrogens with zero attached hydrogens (tertiary/aromatic N) is 1. The highest BCUT2D eigenvalue weighted by Gasteiger charge is 2.48. The number of aryl methyl sites for hydroxylation is 1. The molecular weight excluding hydrogens is 669 g/mol. The van der Waals surface area contributed by atoms with Gasteiger partial charge in [-0.3, -0.25) is 4.90 Å². The second kappa shape index (κ2) is 12.9. The van der Waals surface area contributed by atoms with Gasteiger partial charge in [0.05, 0.1) is 36.4 Å². The van der Waals surface area contributed by atoms with Gasteiger partial charge in [-0.25, -0.2) is 9.59 Å². The van der Waals surface area contributed by atoms with E-state index >= 15 is 0 Å². The molecule has 3 aromatic rings. The molecule has 3 aromatic carbocycles. The number of hydrogen-bond donors (Lipinski definition) is 0. The summed E-state index contributed by atoms with van der Waals surface area (Å²) in [5, 5.41) is 0. The first-order chi connectivity index (χ1) is 22.8. The van der Waals surface area contributed by atoms with Gasteiger partial charge >= 0.3 is 30.6 Å². The zero-order valence-corrected chi connectivity index (χ0v) is 26.1. The van der Waals surface area contributed by atoms with Crippen LogP contribution in [-0.2, 0) is 22.2 Å². The molecule has 1 aliphatic heterocycles. The minimum Gasteiger partial charge on any atom is -0.465 e. The zero-order valence-electron chi connectivity index (χ0n) is 26.1. The van der Waals surface area contributed by atoms with Gasteiger partial charge in [-0.15, -0.1) is 0 Å². The monoisotopic (exact) mass is 697 g/mol. The summed E-state index contributed by atoms with van der Waals surface area (Å²) in [6.07, 6.45) is -17.8. The van der Waals surface area contributed by atoms with E-state index in [2.05, 4.69) is 0 Å². The fourth-order valence-electron chi connectivity index (χ4n) is 6.16. The molecule has 260 valence electrons. The van der Waals surface area contributed by atoms with E-state index in [9.17, 15) is 49.1 Å². The van der Waals surface area contributed by atoms with Crippen LogP contribution in [0.15, 0.2) is 84.0 Å². The number of alkyl halides is 9. The molecule has 0 bridgehead atoms. The summed E-state index contributed by atoms with van der Waals surface area (Å²) in [5.74, 6) is -2.04. The summed E-state index contributed by atoms with van der Waals surface area (Å²) in [4.78, 5) is 26.0. The predicted molar refractivity (Wildman–Crippen MR) is 160 cm³/mol. The summed E-state index contributed by atoms with van der Waals surface area (Å²) < 4.78 is 133. The van der Waals surface area contributed by atoms with Crippen molar-refractivity contribution < 1.29 is 58.6 Å². The summed E-state index contributed by atoms with van der Waals surface area (Å²) >= 11 is 0. The van der Waals surface area contributed by atoms with Gasteiger partial charge in [0, 0.05) is 11.5 Å². The molecule has 0 aromatic heterocycles. The van der Waals surface area contributed by atoms with Crippen molar-refractivity contribution in [2.75, 3.05) is 7.11 Å². The molecule has 1 unspecified atom stereocenters. The van der Waals surface area contributed by atoms with E-state index in [1.165, 1.54) is 20.1 Å². The summed E-state index contributed by atoms with van der Waals surface area (Å²) in [5.41, 5.74) is -0.838. The Kier molecular flexibility index (Phi) is 9.39. The van der Waals surface area contributed by atoms with Gasteiger partial charge < -0.3 is 9.47 Å². The normalized spacial score (nSPS) is 20.1. The molecule has 2 aliphatic rings.